The van der Waals surface area contributed by atoms with Gasteiger partial charge in [0.1, 0.15) is 4.90 Å². The number of hydrogen-bond acceptors (Lipinski definition) is 3. The predicted molar refractivity (Wildman–Crippen MR) is 52.2 cm³/mol. The van der Waals surface area contributed by atoms with Crippen molar-refractivity contribution in [1.82, 2.24) is 9.29 Å². The van der Waals surface area contributed by atoms with E-state index < -0.39 is 15.6 Å². The summed E-state index contributed by atoms with van der Waals surface area (Å²) in [6, 6.07) is 1.76. The van der Waals surface area contributed by atoms with Crippen molar-refractivity contribution in [1.29, 1.82) is 0 Å². The maximum absolute atomic E-state index is 11.9. The second-order valence-corrected chi connectivity index (χ2v) is 5.84. The average molecular weight is 212 g/mol. The molecule has 0 aromatic carbocycles. The third kappa shape index (κ3) is 0.965. The molecule has 0 spiro atoms. The summed E-state index contributed by atoms with van der Waals surface area (Å²) in [5.41, 5.74) is 0.340. The van der Waals surface area contributed by atoms with Crippen molar-refractivity contribution in [2.45, 2.75) is 24.3 Å². The maximum atomic E-state index is 11.9. The molecule has 0 aliphatic carbocycles. The molecular formula is C9H12N2O2S. The number of nitrogens with zero attached hydrogens (tertiary/aromatic N) is 2. The molecule has 1 aromatic heterocycles. The first kappa shape index (κ1) is 9.61. The summed E-state index contributed by atoms with van der Waals surface area (Å²) in [6.45, 7) is 3.77. The van der Waals surface area contributed by atoms with Gasteiger partial charge in [0.05, 0.1) is 5.54 Å². The summed E-state index contributed by atoms with van der Waals surface area (Å²) in [7, 11) is -1.73. The highest BCUT2D eigenvalue weighted by Crippen LogP contribution is 2.41. The number of rotatable bonds is 0. The van der Waals surface area contributed by atoms with Crippen LogP contribution in [0.5, 0.6) is 0 Å². The van der Waals surface area contributed by atoms with Crippen molar-refractivity contribution in [2.24, 2.45) is 0 Å². The summed E-state index contributed by atoms with van der Waals surface area (Å²) < 4.78 is 25.2. The Bertz CT molecular complexity index is 479. The van der Waals surface area contributed by atoms with E-state index in [1.54, 1.807) is 19.3 Å². The fraction of sp³-hybridized carbons (Fsp3) is 0.444. The normalized spacial score (nSPS) is 23.4. The van der Waals surface area contributed by atoms with Crippen LogP contribution in [0.1, 0.15) is 19.4 Å². The molecule has 2 heterocycles. The highest BCUT2D eigenvalue weighted by Gasteiger charge is 2.45. The van der Waals surface area contributed by atoms with Crippen molar-refractivity contribution >= 4 is 10.0 Å². The van der Waals surface area contributed by atoms with E-state index in [1.165, 1.54) is 10.5 Å². The van der Waals surface area contributed by atoms with Crippen molar-refractivity contribution in [3.8, 4) is 0 Å². The smallest absolute Gasteiger partial charge is 0.245 e. The molecule has 0 unspecified atom stereocenters. The van der Waals surface area contributed by atoms with Gasteiger partial charge in [0.25, 0.3) is 0 Å². The first-order valence-corrected chi connectivity index (χ1v) is 5.76. The monoisotopic (exact) mass is 212 g/mol. The van der Waals surface area contributed by atoms with Crippen LogP contribution >= 0.6 is 0 Å². The van der Waals surface area contributed by atoms with Crippen LogP contribution in [0.15, 0.2) is 23.4 Å². The first-order valence-electron chi connectivity index (χ1n) is 4.32. The molecule has 0 saturated heterocycles. The van der Waals surface area contributed by atoms with Gasteiger partial charge in [0.15, 0.2) is 0 Å². The van der Waals surface area contributed by atoms with Crippen LogP contribution in [-0.2, 0) is 15.6 Å². The quantitative estimate of drug-likeness (QED) is 0.643. The van der Waals surface area contributed by atoms with Gasteiger partial charge in [-0.15, -0.1) is 0 Å². The Morgan fingerprint density at radius 1 is 1.43 bits per heavy atom. The SMILES string of the molecule is CN1C(C)(C)c2ccncc2S1(=O)=O. The lowest BCUT2D eigenvalue weighted by Gasteiger charge is -2.26. The Morgan fingerprint density at radius 2 is 2.07 bits per heavy atom. The summed E-state index contributed by atoms with van der Waals surface area (Å²) in [5.74, 6) is 0. The Morgan fingerprint density at radius 3 is 2.64 bits per heavy atom. The largest absolute Gasteiger partial charge is 0.263 e. The topological polar surface area (TPSA) is 50.3 Å². The Labute approximate surface area is 83.6 Å². The van der Waals surface area contributed by atoms with Crippen molar-refractivity contribution in [3.05, 3.63) is 24.0 Å². The molecule has 0 atom stereocenters. The number of sulfonamides is 1. The van der Waals surface area contributed by atoms with Gasteiger partial charge in [-0.1, -0.05) is 0 Å². The molecule has 1 aliphatic rings. The lowest BCUT2D eigenvalue weighted by atomic mass is 9.96. The number of aromatic nitrogens is 1. The zero-order valence-corrected chi connectivity index (χ0v) is 9.17. The fourth-order valence-corrected chi connectivity index (χ4v) is 3.49. The van der Waals surface area contributed by atoms with Crippen LogP contribution < -0.4 is 0 Å². The van der Waals surface area contributed by atoms with Gasteiger partial charge in [0.2, 0.25) is 10.0 Å². The van der Waals surface area contributed by atoms with E-state index in [9.17, 15) is 8.42 Å². The molecule has 0 amide bonds. The Hall–Kier alpha value is -0.940. The minimum Gasteiger partial charge on any atom is -0.263 e. The van der Waals surface area contributed by atoms with E-state index in [-0.39, 0.29) is 0 Å². The molecule has 76 valence electrons. The van der Waals surface area contributed by atoms with Gasteiger partial charge < -0.3 is 0 Å². The first-order chi connectivity index (χ1) is 6.38. The highest BCUT2D eigenvalue weighted by atomic mass is 32.2. The molecule has 0 N–H and O–H groups in total. The molecule has 0 fully saturated rings. The summed E-state index contributed by atoms with van der Waals surface area (Å²) in [4.78, 5) is 4.17. The number of hydrogen-bond donors (Lipinski definition) is 0. The van der Waals surface area contributed by atoms with Crippen LogP contribution in [0.3, 0.4) is 0 Å². The van der Waals surface area contributed by atoms with E-state index in [2.05, 4.69) is 4.98 Å². The lowest BCUT2D eigenvalue weighted by Crippen LogP contribution is -2.35. The van der Waals surface area contributed by atoms with E-state index >= 15 is 0 Å². The summed E-state index contributed by atoms with van der Waals surface area (Å²) in [5, 5.41) is 0. The van der Waals surface area contributed by atoms with Gasteiger partial charge in [-0.3, -0.25) is 4.98 Å². The molecule has 5 heteroatoms. The minimum atomic E-state index is -3.32. The van der Waals surface area contributed by atoms with Crippen LogP contribution in [-0.4, -0.2) is 24.8 Å². The number of fused-ring (bicyclic) bond motifs is 1. The van der Waals surface area contributed by atoms with Crippen LogP contribution in [0.4, 0.5) is 0 Å². The predicted octanol–water partition coefficient (Wildman–Crippen LogP) is 0.951. The van der Waals surface area contributed by atoms with E-state index in [0.717, 1.165) is 5.56 Å². The molecule has 0 saturated carbocycles. The molecule has 1 aliphatic heterocycles. The highest BCUT2D eigenvalue weighted by molar-refractivity contribution is 7.89. The van der Waals surface area contributed by atoms with Crippen molar-refractivity contribution in [3.63, 3.8) is 0 Å². The third-order valence-electron chi connectivity index (χ3n) is 2.87. The van der Waals surface area contributed by atoms with E-state index in [4.69, 9.17) is 0 Å². The molecule has 14 heavy (non-hydrogen) atoms. The zero-order chi connectivity index (χ0) is 10.6. The fourth-order valence-electron chi connectivity index (χ4n) is 1.71. The maximum Gasteiger partial charge on any atom is 0.245 e. The van der Waals surface area contributed by atoms with Crippen LogP contribution in [0.25, 0.3) is 0 Å². The number of pyridine rings is 1. The Balaban J connectivity index is 2.83. The molecule has 1 aromatic rings. The molecule has 2 rings (SSSR count). The van der Waals surface area contributed by atoms with Gasteiger partial charge in [-0.25, -0.2) is 8.42 Å². The average Bonchev–Trinajstić information content (AvgIpc) is 2.28. The third-order valence-corrected chi connectivity index (χ3v) is 4.93. The van der Waals surface area contributed by atoms with Gasteiger partial charge in [-0.05, 0) is 25.5 Å². The van der Waals surface area contributed by atoms with Gasteiger partial charge >= 0.3 is 0 Å². The second kappa shape index (κ2) is 2.55. The van der Waals surface area contributed by atoms with E-state index in [1.807, 2.05) is 13.8 Å². The van der Waals surface area contributed by atoms with Crippen molar-refractivity contribution in [2.75, 3.05) is 7.05 Å². The molecule has 4 nitrogen and oxygen atoms in total. The van der Waals surface area contributed by atoms with Crippen LogP contribution in [0.2, 0.25) is 0 Å². The second-order valence-electron chi connectivity index (χ2n) is 3.90. The molecule has 0 bridgehead atoms. The summed E-state index contributed by atoms with van der Waals surface area (Å²) >= 11 is 0. The Kier molecular flexibility index (Phi) is 1.75. The minimum absolute atomic E-state index is 0.326. The zero-order valence-electron chi connectivity index (χ0n) is 8.35. The standard InChI is InChI=1S/C9H12N2O2S/c1-9(2)7-4-5-10-6-8(7)14(12,13)11(9)3/h4-6H,1-3H3. The summed E-state index contributed by atoms with van der Waals surface area (Å²) in [6.07, 6.45) is 3.03. The van der Waals surface area contributed by atoms with Gasteiger partial charge in [0, 0.05) is 19.4 Å². The molecular weight excluding hydrogens is 200 g/mol. The van der Waals surface area contributed by atoms with E-state index in [0.29, 0.717) is 4.90 Å². The lowest BCUT2D eigenvalue weighted by molar-refractivity contribution is 0.286. The molecule has 0 radical (unpaired) electrons. The van der Waals surface area contributed by atoms with Gasteiger partial charge in [-0.2, -0.15) is 4.31 Å². The van der Waals surface area contributed by atoms with Crippen LogP contribution in [0, 0.1) is 0 Å². The van der Waals surface area contributed by atoms with Crippen molar-refractivity contribution < 1.29 is 8.42 Å².